The minimum Gasteiger partial charge on any atom is -0.497 e. The van der Waals surface area contributed by atoms with Gasteiger partial charge in [-0.1, -0.05) is 47.7 Å². The molecule has 2 aromatic rings. The van der Waals surface area contributed by atoms with Crippen LogP contribution in [0.1, 0.15) is 17.5 Å². The Bertz CT molecular complexity index is 925. The van der Waals surface area contributed by atoms with Crippen LogP contribution >= 0.6 is 11.8 Å². The van der Waals surface area contributed by atoms with Gasteiger partial charge in [-0.15, -0.1) is 5.10 Å². The van der Waals surface area contributed by atoms with Gasteiger partial charge in [0.2, 0.25) is 11.8 Å². The first-order valence-corrected chi connectivity index (χ1v) is 9.50. The Labute approximate surface area is 167 Å². The van der Waals surface area contributed by atoms with E-state index in [9.17, 15) is 9.59 Å². The summed E-state index contributed by atoms with van der Waals surface area (Å²) in [5.41, 5.74) is 2.69. The van der Waals surface area contributed by atoms with Gasteiger partial charge in [0.05, 0.1) is 13.3 Å². The molecule has 8 heteroatoms. The zero-order valence-corrected chi connectivity index (χ0v) is 16.3. The summed E-state index contributed by atoms with van der Waals surface area (Å²) in [6.07, 6.45) is 1.65. The van der Waals surface area contributed by atoms with Crippen molar-refractivity contribution in [1.82, 2.24) is 5.32 Å². The molecule has 3 rings (SSSR count). The average Bonchev–Trinajstić information content (AvgIpc) is 3.02. The summed E-state index contributed by atoms with van der Waals surface area (Å²) >= 11 is 1.19. The number of amides is 2. The van der Waals surface area contributed by atoms with Crippen LogP contribution in [0.4, 0.5) is 5.69 Å². The predicted molar refractivity (Wildman–Crippen MR) is 112 cm³/mol. The maximum Gasteiger partial charge on any atom is 0.240 e. The minimum absolute atomic E-state index is 0.0361. The van der Waals surface area contributed by atoms with Gasteiger partial charge in [0.1, 0.15) is 11.0 Å². The number of rotatable bonds is 6. The fraction of sp³-hybridized carbons (Fsp3) is 0.200. The molecule has 1 aliphatic rings. The van der Waals surface area contributed by atoms with E-state index >= 15 is 0 Å². The molecule has 144 valence electrons. The molecule has 2 aromatic carbocycles. The summed E-state index contributed by atoms with van der Waals surface area (Å²) in [6, 6.07) is 14.9. The number of thioether (sulfide) groups is 1. The summed E-state index contributed by atoms with van der Waals surface area (Å²) < 4.78 is 5.13. The molecule has 7 nitrogen and oxygen atoms in total. The second-order valence-electron chi connectivity index (χ2n) is 6.14. The van der Waals surface area contributed by atoms with Crippen LogP contribution in [-0.2, 0) is 9.59 Å². The van der Waals surface area contributed by atoms with E-state index in [1.807, 2.05) is 31.2 Å². The molecule has 0 radical (unpaired) electrons. The molecule has 1 fully saturated rings. The third kappa shape index (κ3) is 5.43. The molecule has 1 saturated heterocycles. The van der Waals surface area contributed by atoms with Gasteiger partial charge in [0.25, 0.3) is 0 Å². The number of nitrogens with zero attached hydrogens (tertiary/aromatic N) is 2. The molecule has 0 aliphatic carbocycles. The number of ether oxygens (including phenoxy) is 1. The van der Waals surface area contributed by atoms with E-state index in [1.54, 1.807) is 37.6 Å². The highest BCUT2D eigenvalue weighted by molar-refractivity contribution is 8.15. The lowest BCUT2D eigenvalue weighted by molar-refractivity contribution is -0.122. The molecule has 0 bridgehead atoms. The fourth-order valence-corrected chi connectivity index (χ4v) is 3.39. The van der Waals surface area contributed by atoms with Crippen LogP contribution < -0.4 is 15.4 Å². The van der Waals surface area contributed by atoms with Crippen LogP contribution in [0.2, 0.25) is 0 Å². The first kappa shape index (κ1) is 19.6. The van der Waals surface area contributed by atoms with Gasteiger partial charge in [-0.25, -0.2) is 0 Å². The van der Waals surface area contributed by atoms with Gasteiger partial charge < -0.3 is 15.4 Å². The topological polar surface area (TPSA) is 92.2 Å². The Morgan fingerprint density at radius 1 is 1.29 bits per heavy atom. The van der Waals surface area contributed by atoms with E-state index < -0.39 is 5.25 Å². The van der Waals surface area contributed by atoms with E-state index in [4.69, 9.17) is 4.74 Å². The molecular weight excluding hydrogens is 376 g/mol. The lowest BCUT2D eigenvalue weighted by Crippen LogP contribution is -2.28. The van der Waals surface area contributed by atoms with Crippen LogP contribution in [0.15, 0.2) is 58.7 Å². The standard InChI is InChI=1S/C20H20N4O3S/c1-13-6-8-14(9-7-13)12-21-24-20-23-19(26)17(28-20)11-18(25)22-15-4-3-5-16(10-15)27-2/h3-10,12,17H,11H2,1-2H3,(H,22,25)(H,23,24,26). The number of methoxy groups -OCH3 is 1. The van der Waals surface area contributed by atoms with Gasteiger partial charge in [-0.3, -0.25) is 9.59 Å². The van der Waals surface area contributed by atoms with Gasteiger partial charge >= 0.3 is 0 Å². The van der Waals surface area contributed by atoms with Gasteiger partial charge in [0, 0.05) is 18.2 Å². The second-order valence-corrected chi connectivity index (χ2v) is 7.33. The molecule has 0 saturated carbocycles. The van der Waals surface area contributed by atoms with Gasteiger partial charge in [0.15, 0.2) is 5.17 Å². The molecule has 1 atom stereocenters. The van der Waals surface area contributed by atoms with Crippen LogP contribution in [-0.4, -0.2) is 35.6 Å². The monoisotopic (exact) mass is 396 g/mol. The minimum atomic E-state index is -0.543. The molecule has 0 spiro atoms. The average molecular weight is 396 g/mol. The SMILES string of the molecule is COc1cccc(NC(=O)CC2S/C(=N/N=Cc3ccc(C)cc3)NC2=O)c1. The number of carbonyl (C=O) groups is 2. The molecule has 28 heavy (non-hydrogen) atoms. The third-order valence-corrected chi connectivity index (χ3v) is 5.01. The van der Waals surface area contributed by atoms with Crippen molar-refractivity contribution in [2.75, 3.05) is 12.4 Å². The first-order chi connectivity index (χ1) is 13.5. The number of hydrogen-bond donors (Lipinski definition) is 2. The maximum absolute atomic E-state index is 12.2. The number of aryl methyl sites for hydroxylation is 1. The van der Waals surface area contributed by atoms with Crippen molar-refractivity contribution in [3.8, 4) is 5.75 Å². The van der Waals surface area contributed by atoms with Crippen LogP contribution in [0.3, 0.4) is 0 Å². The Morgan fingerprint density at radius 3 is 2.82 bits per heavy atom. The Kier molecular flexibility index (Phi) is 6.44. The summed E-state index contributed by atoms with van der Waals surface area (Å²) in [6.45, 7) is 2.01. The smallest absolute Gasteiger partial charge is 0.240 e. The molecular formula is C20H20N4O3S. The number of anilines is 1. The molecule has 0 aromatic heterocycles. The molecule has 1 unspecified atom stereocenters. The van der Waals surface area contributed by atoms with E-state index in [2.05, 4.69) is 20.8 Å². The summed E-state index contributed by atoms with van der Waals surface area (Å²) in [4.78, 5) is 24.3. The molecule has 1 aliphatic heterocycles. The number of benzene rings is 2. The Hall–Kier alpha value is -3.13. The van der Waals surface area contributed by atoms with Crippen LogP contribution in [0.5, 0.6) is 5.75 Å². The lowest BCUT2D eigenvalue weighted by Gasteiger charge is -2.08. The zero-order chi connectivity index (χ0) is 19.9. The molecule has 2 amide bonds. The van der Waals surface area contributed by atoms with Crippen molar-refractivity contribution in [3.05, 3.63) is 59.7 Å². The van der Waals surface area contributed by atoms with E-state index in [0.717, 1.165) is 11.1 Å². The second kappa shape index (κ2) is 9.18. The largest absolute Gasteiger partial charge is 0.497 e. The van der Waals surface area contributed by atoms with Crippen molar-refractivity contribution in [2.45, 2.75) is 18.6 Å². The molecule has 2 N–H and O–H groups in total. The summed E-state index contributed by atoms with van der Waals surface area (Å²) in [7, 11) is 1.56. The maximum atomic E-state index is 12.2. The van der Waals surface area contributed by atoms with Crippen molar-refractivity contribution < 1.29 is 14.3 Å². The van der Waals surface area contributed by atoms with E-state index in [-0.39, 0.29) is 18.2 Å². The highest BCUT2D eigenvalue weighted by Crippen LogP contribution is 2.23. The number of amidine groups is 1. The van der Waals surface area contributed by atoms with Crippen molar-refractivity contribution in [3.63, 3.8) is 0 Å². The van der Waals surface area contributed by atoms with Gasteiger partial charge in [-0.2, -0.15) is 5.10 Å². The Balaban J connectivity index is 1.54. The van der Waals surface area contributed by atoms with Crippen LogP contribution in [0, 0.1) is 6.92 Å². The van der Waals surface area contributed by atoms with Crippen molar-refractivity contribution in [2.24, 2.45) is 10.2 Å². The zero-order valence-electron chi connectivity index (χ0n) is 15.5. The van der Waals surface area contributed by atoms with E-state index in [1.165, 1.54) is 11.8 Å². The third-order valence-electron chi connectivity index (χ3n) is 3.93. The fourth-order valence-electron chi connectivity index (χ4n) is 2.47. The predicted octanol–water partition coefficient (Wildman–Crippen LogP) is 2.95. The number of nitrogens with one attached hydrogen (secondary N) is 2. The quantitative estimate of drug-likeness (QED) is 0.580. The first-order valence-electron chi connectivity index (χ1n) is 8.62. The highest BCUT2D eigenvalue weighted by Gasteiger charge is 2.32. The number of hydrogen-bond acceptors (Lipinski definition) is 6. The molecule has 1 heterocycles. The highest BCUT2D eigenvalue weighted by atomic mass is 32.2. The summed E-state index contributed by atoms with van der Waals surface area (Å²) in [5.74, 6) is 0.132. The Morgan fingerprint density at radius 2 is 2.07 bits per heavy atom. The van der Waals surface area contributed by atoms with Crippen molar-refractivity contribution in [1.29, 1.82) is 0 Å². The van der Waals surface area contributed by atoms with Gasteiger partial charge in [-0.05, 0) is 24.6 Å². The lowest BCUT2D eigenvalue weighted by atomic mass is 10.2. The van der Waals surface area contributed by atoms with Crippen LogP contribution in [0.25, 0.3) is 0 Å². The van der Waals surface area contributed by atoms with E-state index in [0.29, 0.717) is 16.6 Å². The normalized spacial score (nSPS) is 17.7. The number of carbonyl (C=O) groups excluding carboxylic acids is 2. The van der Waals surface area contributed by atoms with Crippen molar-refractivity contribution >= 4 is 40.6 Å². The summed E-state index contributed by atoms with van der Waals surface area (Å²) in [5, 5.41) is 13.3.